The second-order valence-corrected chi connectivity index (χ2v) is 11.4. The third kappa shape index (κ3) is 7.66. The lowest BCUT2D eigenvalue weighted by atomic mass is 10.0. The number of rotatable bonds is 13. The number of nitrogens with zero attached hydrogens (tertiary/aromatic N) is 6. The molecule has 4 amide bonds. The Hall–Kier alpha value is -4.77. The molecule has 1 aliphatic rings. The number of nitrogens with one attached hydrogen (secondary N) is 1. The molecule has 11 nitrogen and oxygen atoms in total. The zero-order chi connectivity index (χ0) is 32.8. The number of nitriles is 1. The van der Waals surface area contributed by atoms with E-state index in [1.807, 2.05) is 18.3 Å². The fourth-order valence-electron chi connectivity index (χ4n) is 5.16. The van der Waals surface area contributed by atoms with Gasteiger partial charge in [0.05, 0.1) is 29.1 Å². The van der Waals surface area contributed by atoms with Crippen molar-refractivity contribution in [1.82, 2.24) is 25.4 Å². The summed E-state index contributed by atoms with van der Waals surface area (Å²) in [5.41, 5.74) is 0.406. The monoisotopic (exact) mass is 625 g/mol. The first-order chi connectivity index (χ1) is 21.4. The van der Waals surface area contributed by atoms with Crippen LogP contribution in [-0.4, -0.2) is 48.5 Å². The number of imide groups is 1. The summed E-state index contributed by atoms with van der Waals surface area (Å²) in [6.07, 6.45) is 2.98. The Morgan fingerprint density at radius 1 is 1.02 bits per heavy atom. The fraction of sp³-hybridized carbons (Fsp3) is 0.419. The topological polar surface area (TPSA) is 144 Å². The lowest BCUT2D eigenvalue weighted by Gasteiger charge is -2.27. The Bertz CT molecular complexity index is 1580. The van der Waals surface area contributed by atoms with Crippen LogP contribution in [0.2, 0.25) is 0 Å². The molecular weight excluding hydrogens is 591 g/mol. The normalized spacial score (nSPS) is 14.6. The molecular formula is C31H34F3N7O4. The molecule has 2 heterocycles. The van der Waals surface area contributed by atoms with Crippen LogP contribution in [0, 0.1) is 11.3 Å². The number of hydrogen-bond donors (Lipinski definition) is 2. The van der Waals surface area contributed by atoms with Crippen molar-refractivity contribution in [3.63, 3.8) is 0 Å². The van der Waals surface area contributed by atoms with Gasteiger partial charge in [0.15, 0.2) is 0 Å². The molecule has 14 heteroatoms. The van der Waals surface area contributed by atoms with E-state index in [2.05, 4.69) is 10.3 Å². The first-order valence-electron chi connectivity index (χ1n) is 14.6. The zero-order valence-corrected chi connectivity index (χ0v) is 25.0. The summed E-state index contributed by atoms with van der Waals surface area (Å²) in [6.45, 7) is 3.82. The van der Waals surface area contributed by atoms with E-state index in [0.29, 0.717) is 30.3 Å². The minimum absolute atomic E-state index is 0.0398. The molecule has 0 saturated carbocycles. The molecule has 4 rings (SSSR count). The van der Waals surface area contributed by atoms with Crippen molar-refractivity contribution >= 4 is 23.5 Å². The SMILES string of the molecule is CC1(C)C(=O)N(c2ccc(C#N)c(C(F)(F)F)c2)C(=O)N1Cc1ccc(-c2cn(CCCCCCCCC(=O)NO)nn2)cc1. The van der Waals surface area contributed by atoms with Crippen molar-refractivity contribution < 1.29 is 32.8 Å². The van der Waals surface area contributed by atoms with Crippen LogP contribution in [0.5, 0.6) is 0 Å². The van der Waals surface area contributed by atoms with Crippen LogP contribution >= 0.6 is 0 Å². The van der Waals surface area contributed by atoms with Crippen LogP contribution < -0.4 is 10.4 Å². The number of aromatic nitrogens is 3. The first kappa shape index (κ1) is 33.1. The predicted molar refractivity (Wildman–Crippen MR) is 156 cm³/mol. The zero-order valence-electron chi connectivity index (χ0n) is 25.0. The average Bonchev–Trinajstić information content (AvgIpc) is 3.55. The highest BCUT2D eigenvalue weighted by molar-refractivity contribution is 6.23. The van der Waals surface area contributed by atoms with Crippen LogP contribution in [0.4, 0.5) is 23.7 Å². The molecule has 0 unspecified atom stereocenters. The lowest BCUT2D eigenvalue weighted by molar-refractivity contribution is -0.137. The van der Waals surface area contributed by atoms with Gasteiger partial charge in [-0.05, 0) is 50.5 Å². The van der Waals surface area contributed by atoms with Gasteiger partial charge in [-0.1, -0.05) is 55.2 Å². The van der Waals surface area contributed by atoms with Gasteiger partial charge < -0.3 is 4.90 Å². The molecule has 2 N–H and O–H groups in total. The molecule has 1 aromatic heterocycles. The number of aryl methyl sites for hydroxylation is 1. The molecule has 0 aliphatic carbocycles. The van der Waals surface area contributed by atoms with E-state index >= 15 is 0 Å². The molecule has 3 aromatic rings. The van der Waals surface area contributed by atoms with Gasteiger partial charge >= 0.3 is 12.2 Å². The van der Waals surface area contributed by atoms with Gasteiger partial charge in [-0.3, -0.25) is 19.5 Å². The number of carbonyl (C=O) groups excluding carboxylic acids is 3. The van der Waals surface area contributed by atoms with Crippen LogP contribution in [0.15, 0.2) is 48.7 Å². The number of benzene rings is 2. The second kappa shape index (κ2) is 13.9. The number of hydrogen-bond acceptors (Lipinski definition) is 7. The Morgan fingerprint density at radius 2 is 1.69 bits per heavy atom. The molecule has 2 aromatic carbocycles. The van der Waals surface area contributed by atoms with Crippen molar-refractivity contribution in [3.05, 3.63) is 65.4 Å². The molecule has 0 spiro atoms. The smallest absolute Gasteiger partial charge is 0.305 e. The maximum Gasteiger partial charge on any atom is 0.417 e. The third-order valence-electron chi connectivity index (χ3n) is 7.81. The highest BCUT2D eigenvalue weighted by Crippen LogP contribution is 2.38. The quantitative estimate of drug-likeness (QED) is 0.105. The number of halogens is 3. The molecule has 0 atom stereocenters. The lowest BCUT2D eigenvalue weighted by Crippen LogP contribution is -2.43. The van der Waals surface area contributed by atoms with E-state index in [-0.39, 0.29) is 18.1 Å². The molecule has 1 saturated heterocycles. The largest absolute Gasteiger partial charge is 0.417 e. The number of urea groups is 1. The van der Waals surface area contributed by atoms with Crippen molar-refractivity contribution in [3.8, 4) is 17.3 Å². The summed E-state index contributed by atoms with van der Waals surface area (Å²) >= 11 is 0. The summed E-state index contributed by atoms with van der Waals surface area (Å²) in [4.78, 5) is 39.7. The molecule has 1 fully saturated rings. The third-order valence-corrected chi connectivity index (χ3v) is 7.81. The van der Waals surface area contributed by atoms with E-state index in [1.165, 1.54) is 24.8 Å². The minimum Gasteiger partial charge on any atom is -0.305 e. The maximum absolute atomic E-state index is 13.5. The van der Waals surface area contributed by atoms with Gasteiger partial charge in [0.1, 0.15) is 11.2 Å². The molecule has 45 heavy (non-hydrogen) atoms. The predicted octanol–water partition coefficient (Wildman–Crippen LogP) is 5.82. The Labute approximate surface area is 258 Å². The van der Waals surface area contributed by atoms with Gasteiger partial charge in [-0.25, -0.2) is 15.2 Å². The summed E-state index contributed by atoms with van der Waals surface area (Å²) in [6, 6.07) is 10.7. The van der Waals surface area contributed by atoms with Crippen LogP contribution in [0.25, 0.3) is 11.3 Å². The van der Waals surface area contributed by atoms with Crippen molar-refractivity contribution in [2.24, 2.45) is 0 Å². The van der Waals surface area contributed by atoms with Crippen molar-refractivity contribution in [2.45, 2.75) is 83.6 Å². The standard InChI is InChI=1S/C31H34F3N7O4/c1-30(2)28(43)41(24-15-14-23(18-35)25(17-24)31(32,33)34)29(44)40(30)19-21-10-12-22(13-11-21)26-20-39(38-36-26)16-8-6-4-3-5-7-9-27(42)37-45/h10-15,17,20,45H,3-9,16,19H2,1-2H3,(H,37,42). The van der Waals surface area contributed by atoms with Gasteiger partial charge in [0.2, 0.25) is 5.91 Å². The maximum atomic E-state index is 13.5. The fourth-order valence-corrected chi connectivity index (χ4v) is 5.16. The van der Waals surface area contributed by atoms with Gasteiger partial charge in [-0.2, -0.15) is 18.4 Å². The number of hydroxylamine groups is 1. The van der Waals surface area contributed by atoms with E-state index in [1.54, 1.807) is 22.3 Å². The van der Waals surface area contributed by atoms with Crippen molar-refractivity contribution in [1.29, 1.82) is 5.26 Å². The number of amides is 4. The molecule has 238 valence electrons. The van der Waals surface area contributed by atoms with E-state index in [4.69, 9.17) is 10.5 Å². The molecule has 1 aliphatic heterocycles. The highest BCUT2D eigenvalue weighted by Gasteiger charge is 2.52. The van der Waals surface area contributed by atoms with Crippen LogP contribution in [0.1, 0.15) is 75.5 Å². The van der Waals surface area contributed by atoms with E-state index < -0.39 is 34.8 Å². The summed E-state index contributed by atoms with van der Waals surface area (Å²) in [5, 5.41) is 26.0. The van der Waals surface area contributed by atoms with E-state index in [9.17, 15) is 27.6 Å². The summed E-state index contributed by atoms with van der Waals surface area (Å²) < 4.78 is 42.4. The Kier molecular flexibility index (Phi) is 10.2. The number of alkyl halides is 3. The summed E-state index contributed by atoms with van der Waals surface area (Å²) in [5.74, 6) is -1.04. The number of unbranched alkanes of at least 4 members (excludes halogenated alkanes) is 5. The number of carbonyl (C=O) groups is 3. The van der Waals surface area contributed by atoms with Crippen LogP contribution in [0.3, 0.4) is 0 Å². The van der Waals surface area contributed by atoms with Gasteiger partial charge in [0.25, 0.3) is 5.91 Å². The first-order valence-corrected chi connectivity index (χ1v) is 14.6. The van der Waals surface area contributed by atoms with Gasteiger partial charge in [-0.15, -0.1) is 5.10 Å². The Morgan fingerprint density at radius 3 is 2.33 bits per heavy atom. The highest BCUT2D eigenvalue weighted by atomic mass is 19.4. The number of anilines is 1. The van der Waals surface area contributed by atoms with Crippen LogP contribution in [-0.2, 0) is 28.9 Å². The van der Waals surface area contributed by atoms with E-state index in [0.717, 1.165) is 61.1 Å². The summed E-state index contributed by atoms with van der Waals surface area (Å²) in [7, 11) is 0. The second-order valence-electron chi connectivity index (χ2n) is 11.4. The molecule has 0 radical (unpaired) electrons. The van der Waals surface area contributed by atoms with Gasteiger partial charge in [0, 0.05) is 25.1 Å². The minimum atomic E-state index is -4.83. The Balaban J connectivity index is 1.35. The molecule has 0 bridgehead atoms. The van der Waals surface area contributed by atoms with Crippen molar-refractivity contribution in [2.75, 3.05) is 4.90 Å². The average molecular weight is 626 g/mol.